The Morgan fingerprint density at radius 1 is 0.333 bits per heavy atom. The van der Waals surface area contributed by atoms with E-state index in [0.717, 1.165) is 44.7 Å². The van der Waals surface area contributed by atoms with E-state index in [2.05, 4.69) is 124 Å². The summed E-state index contributed by atoms with van der Waals surface area (Å²) in [6.07, 6.45) is 1.87. The molecule has 0 aliphatic carbocycles. The molecule has 0 spiro atoms. The fourth-order valence-corrected chi connectivity index (χ4v) is 7.86. The summed E-state index contributed by atoms with van der Waals surface area (Å²) >= 11 is 0. The fourth-order valence-electron chi connectivity index (χ4n) is 7.86. The van der Waals surface area contributed by atoms with Crippen LogP contribution in [-0.2, 0) is 0 Å². The Bertz CT molecular complexity index is 3140. The highest BCUT2D eigenvalue weighted by atomic mass is 15.1. The van der Waals surface area contributed by atoms with Crippen LogP contribution in [-0.4, -0.2) is 29.1 Å². The molecule has 4 heterocycles. The maximum absolute atomic E-state index is 5.10. The molecule has 0 radical (unpaired) electrons. The zero-order valence-corrected chi connectivity index (χ0v) is 29.0. The van der Waals surface area contributed by atoms with Gasteiger partial charge in [-0.2, -0.15) is 0 Å². The minimum absolute atomic E-state index is 0.575. The number of hydrogen-bond acceptors (Lipinski definition) is 4. The Hall–Kier alpha value is -7.44. The third-order valence-corrected chi connectivity index (χ3v) is 10.4. The molecule has 6 nitrogen and oxygen atoms in total. The third kappa shape index (κ3) is 4.81. The standard InChI is InChI=1S/C48H30N6/c1-3-14-32(15-4-1)46-50-47(33-16-5-2-6-17-33)52-48(51-46)35-24-26-45(49-30-35)54-42-22-12-10-20-38(42)40-28-39-37-19-9-11-21-41(37)53(43(39)29-44(40)54)36-25-23-31-13-7-8-18-34(31)27-36/h1-30H. The molecule has 0 aliphatic heterocycles. The van der Waals surface area contributed by atoms with E-state index in [1.807, 2.05) is 66.9 Å². The van der Waals surface area contributed by atoms with Crippen molar-refractivity contribution in [1.29, 1.82) is 0 Å². The Morgan fingerprint density at radius 2 is 0.870 bits per heavy atom. The molecular weight excluding hydrogens is 661 g/mol. The van der Waals surface area contributed by atoms with Gasteiger partial charge in [-0.3, -0.25) is 4.57 Å². The first kappa shape index (κ1) is 30.2. The lowest BCUT2D eigenvalue weighted by Crippen LogP contribution is -2.01. The van der Waals surface area contributed by atoms with Gasteiger partial charge in [-0.1, -0.05) is 127 Å². The second-order valence-corrected chi connectivity index (χ2v) is 13.6. The van der Waals surface area contributed by atoms with Crippen LogP contribution in [0.5, 0.6) is 0 Å². The van der Waals surface area contributed by atoms with E-state index < -0.39 is 0 Å². The first-order valence-electron chi connectivity index (χ1n) is 18.1. The minimum Gasteiger partial charge on any atom is -0.309 e. The Kier molecular flexibility index (Phi) is 6.75. The molecular formula is C48H30N6. The van der Waals surface area contributed by atoms with Gasteiger partial charge in [-0.25, -0.2) is 19.9 Å². The van der Waals surface area contributed by atoms with Gasteiger partial charge in [0.05, 0.1) is 22.1 Å². The summed E-state index contributed by atoms with van der Waals surface area (Å²) in [6.45, 7) is 0. The highest BCUT2D eigenvalue weighted by Gasteiger charge is 2.19. The topological polar surface area (TPSA) is 61.4 Å². The molecule has 0 N–H and O–H groups in total. The molecule has 0 saturated heterocycles. The van der Waals surface area contributed by atoms with Crippen LogP contribution in [0.15, 0.2) is 182 Å². The van der Waals surface area contributed by atoms with Gasteiger partial charge < -0.3 is 4.57 Å². The van der Waals surface area contributed by atoms with E-state index >= 15 is 0 Å². The maximum atomic E-state index is 5.10. The number of rotatable bonds is 5. The zero-order chi connectivity index (χ0) is 35.6. The Labute approximate surface area is 310 Å². The lowest BCUT2D eigenvalue weighted by Gasteiger charge is -2.11. The highest BCUT2D eigenvalue weighted by Crippen LogP contribution is 2.40. The van der Waals surface area contributed by atoms with Gasteiger partial charge in [0.25, 0.3) is 0 Å². The molecule has 0 saturated carbocycles. The predicted octanol–water partition coefficient (Wildman–Crippen LogP) is 11.6. The minimum atomic E-state index is 0.575. The Morgan fingerprint density at radius 3 is 1.50 bits per heavy atom. The molecule has 6 heteroatoms. The molecule has 0 aliphatic rings. The zero-order valence-electron chi connectivity index (χ0n) is 29.0. The van der Waals surface area contributed by atoms with E-state index in [1.54, 1.807) is 0 Å². The van der Waals surface area contributed by atoms with Crippen LogP contribution in [0, 0.1) is 0 Å². The lowest BCUT2D eigenvalue weighted by atomic mass is 10.1. The van der Waals surface area contributed by atoms with E-state index in [1.165, 1.54) is 37.8 Å². The smallest absolute Gasteiger partial charge is 0.165 e. The van der Waals surface area contributed by atoms with Crippen LogP contribution in [0.2, 0.25) is 0 Å². The molecule has 0 bridgehead atoms. The molecule has 11 rings (SSSR count). The SMILES string of the molecule is c1ccc(-c2nc(-c3ccccc3)nc(-c3ccc(-n4c5ccccc5c5cc6c7ccccc7n(-c7ccc8ccccc8c7)c6cc54)nc3)n2)cc1. The summed E-state index contributed by atoms with van der Waals surface area (Å²) in [5, 5.41) is 7.25. The van der Waals surface area contributed by atoms with Crippen molar-refractivity contribution in [3.05, 3.63) is 182 Å². The highest BCUT2D eigenvalue weighted by molar-refractivity contribution is 6.19. The average Bonchev–Trinajstić information content (AvgIpc) is 3.75. The van der Waals surface area contributed by atoms with E-state index in [-0.39, 0.29) is 0 Å². The van der Waals surface area contributed by atoms with Gasteiger partial charge in [0.15, 0.2) is 17.5 Å². The largest absolute Gasteiger partial charge is 0.309 e. The summed E-state index contributed by atoms with van der Waals surface area (Å²) in [6, 6.07) is 61.4. The third-order valence-electron chi connectivity index (χ3n) is 10.4. The first-order chi connectivity index (χ1) is 26.8. The predicted molar refractivity (Wildman–Crippen MR) is 220 cm³/mol. The van der Waals surface area contributed by atoms with Gasteiger partial charge in [-0.15, -0.1) is 0 Å². The molecule has 7 aromatic carbocycles. The number of fused-ring (bicyclic) bond motifs is 7. The molecule has 54 heavy (non-hydrogen) atoms. The Balaban J connectivity index is 1.10. The van der Waals surface area contributed by atoms with Crippen molar-refractivity contribution in [2.24, 2.45) is 0 Å². The molecule has 0 atom stereocenters. The van der Waals surface area contributed by atoms with Gasteiger partial charge in [-0.05, 0) is 59.3 Å². The van der Waals surface area contributed by atoms with Crippen molar-refractivity contribution < 1.29 is 0 Å². The quantitative estimate of drug-likeness (QED) is 0.180. The summed E-state index contributed by atoms with van der Waals surface area (Å²) in [7, 11) is 0. The van der Waals surface area contributed by atoms with Gasteiger partial charge in [0.1, 0.15) is 5.82 Å². The van der Waals surface area contributed by atoms with Crippen molar-refractivity contribution in [3.63, 3.8) is 0 Å². The van der Waals surface area contributed by atoms with Crippen LogP contribution < -0.4 is 0 Å². The van der Waals surface area contributed by atoms with Gasteiger partial charge in [0.2, 0.25) is 0 Å². The van der Waals surface area contributed by atoms with Crippen LogP contribution >= 0.6 is 0 Å². The van der Waals surface area contributed by atoms with Crippen molar-refractivity contribution in [2.75, 3.05) is 0 Å². The van der Waals surface area contributed by atoms with Crippen LogP contribution in [0.4, 0.5) is 0 Å². The number of hydrogen-bond donors (Lipinski definition) is 0. The maximum Gasteiger partial charge on any atom is 0.165 e. The molecule has 0 unspecified atom stereocenters. The van der Waals surface area contributed by atoms with E-state index in [0.29, 0.717) is 17.5 Å². The van der Waals surface area contributed by atoms with E-state index in [9.17, 15) is 0 Å². The molecule has 252 valence electrons. The number of para-hydroxylation sites is 2. The van der Waals surface area contributed by atoms with E-state index in [4.69, 9.17) is 19.9 Å². The fraction of sp³-hybridized carbons (Fsp3) is 0. The summed E-state index contributed by atoms with van der Waals surface area (Å²) < 4.78 is 4.67. The summed E-state index contributed by atoms with van der Waals surface area (Å²) in [5.74, 6) is 2.64. The molecule has 4 aromatic heterocycles. The molecule has 0 fully saturated rings. The molecule has 0 amide bonds. The van der Waals surface area contributed by atoms with Crippen molar-refractivity contribution >= 4 is 54.4 Å². The first-order valence-corrected chi connectivity index (χ1v) is 18.1. The normalized spacial score (nSPS) is 11.7. The number of aromatic nitrogens is 6. The van der Waals surface area contributed by atoms with Crippen LogP contribution in [0.1, 0.15) is 0 Å². The summed E-state index contributed by atoms with van der Waals surface area (Å²) in [4.78, 5) is 19.8. The van der Waals surface area contributed by atoms with Crippen molar-refractivity contribution in [1.82, 2.24) is 29.1 Å². The number of nitrogens with zero attached hydrogens (tertiary/aromatic N) is 6. The average molecular weight is 691 g/mol. The lowest BCUT2D eigenvalue weighted by molar-refractivity contribution is 1.05. The van der Waals surface area contributed by atoms with Crippen LogP contribution in [0.3, 0.4) is 0 Å². The number of benzene rings is 7. The molecule has 11 aromatic rings. The second-order valence-electron chi connectivity index (χ2n) is 13.6. The second kappa shape index (κ2) is 12.1. The number of pyridine rings is 1. The van der Waals surface area contributed by atoms with Gasteiger partial charge in [0, 0.05) is 50.1 Å². The van der Waals surface area contributed by atoms with Crippen molar-refractivity contribution in [3.8, 4) is 45.7 Å². The van der Waals surface area contributed by atoms with Crippen molar-refractivity contribution in [2.45, 2.75) is 0 Å². The van der Waals surface area contributed by atoms with Gasteiger partial charge >= 0.3 is 0 Å². The monoisotopic (exact) mass is 690 g/mol. The van der Waals surface area contributed by atoms with Crippen LogP contribution in [0.25, 0.3) is 100 Å². The summed E-state index contributed by atoms with van der Waals surface area (Å²) in [5.41, 5.74) is 8.32.